The van der Waals surface area contributed by atoms with E-state index < -0.39 is 0 Å². The molecular formula is C14H10N4O2. The summed E-state index contributed by atoms with van der Waals surface area (Å²) < 4.78 is 5.64. The quantitative estimate of drug-likeness (QED) is 0.677. The van der Waals surface area contributed by atoms with E-state index in [9.17, 15) is 4.79 Å². The van der Waals surface area contributed by atoms with Crippen molar-refractivity contribution in [2.45, 2.75) is 0 Å². The van der Waals surface area contributed by atoms with Crippen LogP contribution < -0.4 is 10.2 Å². The molecular weight excluding hydrogens is 256 g/mol. The van der Waals surface area contributed by atoms with Crippen LogP contribution in [0.2, 0.25) is 0 Å². The van der Waals surface area contributed by atoms with Crippen LogP contribution in [0.15, 0.2) is 41.1 Å². The van der Waals surface area contributed by atoms with Gasteiger partial charge in [-0.3, -0.25) is 9.78 Å². The minimum absolute atomic E-state index is 0.225. The first-order valence-electron chi connectivity index (χ1n) is 6.13. The average Bonchev–Trinajstić information content (AvgIpc) is 2.81. The molecule has 0 saturated carbocycles. The molecule has 0 saturated heterocycles. The molecule has 0 spiro atoms. The van der Waals surface area contributed by atoms with Crippen molar-refractivity contribution in [2.75, 3.05) is 17.3 Å². The van der Waals surface area contributed by atoms with Gasteiger partial charge < -0.3 is 14.6 Å². The number of nitrogens with one attached hydrogen (secondary N) is 1. The fraction of sp³-hybridized carbons (Fsp3) is 0.0714. The van der Waals surface area contributed by atoms with Gasteiger partial charge in [0.25, 0.3) is 5.91 Å². The first-order chi connectivity index (χ1) is 9.75. The Morgan fingerprint density at radius 3 is 2.90 bits per heavy atom. The van der Waals surface area contributed by atoms with E-state index in [2.05, 4.69) is 15.3 Å². The highest BCUT2D eigenvalue weighted by molar-refractivity contribution is 6.15. The second-order valence-corrected chi connectivity index (χ2v) is 4.52. The molecule has 4 rings (SSSR count). The van der Waals surface area contributed by atoms with Gasteiger partial charge >= 0.3 is 0 Å². The number of carbonyl (C=O) groups excluding carboxylic acids is 1. The number of nitrogens with zero attached hydrogens (tertiary/aromatic N) is 3. The lowest BCUT2D eigenvalue weighted by Crippen LogP contribution is -2.25. The number of aromatic nitrogens is 2. The lowest BCUT2D eigenvalue weighted by Gasteiger charge is -2.15. The third kappa shape index (κ3) is 1.36. The number of hydrogen-bond acceptors (Lipinski definition) is 5. The highest BCUT2D eigenvalue weighted by Gasteiger charge is 2.30. The summed E-state index contributed by atoms with van der Waals surface area (Å²) in [5.41, 5.74) is 2.47. The van der Waals surface area contributed by atoms with E-state index in [-0.39, 0.29) is 11.7 Å². The summed E-state index contributed by atoms with van der Waals surface area (Å²) in [6, 6.07) is 7.17. The number of amides is 1. The lowest BCUT2D eigenvalue weighted by molar-refractivity contribution is 0.0970. The molecule has 20 heavy (non-hydrogen) atoms. The van der Waals surface area contributed by atoms with Crippen LogP contribution in [0.1, 0.15) is 10.6 Å². The molecule has 3 aromatic rings. The number of hydrogen-bond donors (Lipinski definition) is 1. The van der Waals surface area contributed by atoms with Gasteiger partial charge in [-0.25, -0.2) is 4.98 Å². The maximum Gasteiger partial charge on any atom is 0.296 e. The van der Waals surface area contributed by atoms with E-state index in [1.807, 2.05) is 6.07 Å². The van der Waals surface area contributed by atoms with Gasteiger partial charge in [-0.05, 0) is 24.3 Å². The Morgan fingerprint density at radius 1 is 1.20 bits per heavy atom. The average molecular weight is 266 g/mol. The Balaban J connectivity index is 2.04. The first-order valence-corrected chi connectivity index (χ1v) is 6.13. The van der Waals surface area contributed by atoms with E-state index in [1.54, 1.807) is 37.6 Å². The van der Waals surface area contributed by atoms with E-state index in [0.717, 1.165) is 0 Å². The molecule has 0 fully saturated rings. The Hall–Kier alpha value is -2.89. The predicted molar refractivity (Wildman–Crippen MR) is 74.3 cm³/mol. The van der Waals surface area contributed by atoms with Gasteiger partial charge in [0.05, 0.1) is 5.69 Å². The Bertz CT molecular complexity index is 840. The minimum atomic E-state index is -0.225. The van der Waals surface area contributed by atoms with Gasteiger partial charge in [-0.15, -0.1) is 0 Å². The largest absolute Gasteiger partial charge is 0.447 e. The van der Waals surface area contributed by atoms with Crippen molar-refractivity contribution < 1.29 is 9.21 Å². The molecule has 4 heterocycles. The fourth-order valence-electron chi connectivity index (χ4n) is 2.34. The zero-order valence-electron chi connectivity index (χ0n) is 10.6. The smallest absolute Gasteiger partial charge is 0.296 e. The van der Waals surface area contributed by atoms with Crippen LogP contribution in [0.5, 0.6) is 0 Å². The molecule has 0 unspecified atom stereocenters. The van der Waals surface area contributed by atoms with Crippen LogP contribution in [0.25, 0.3) is 11.1 Å². The molecule has 1 aliphatic rings. The van der Waals surface area contributed by atoms with Crippen molar-refractivity contribution in [1.82, 2.24) is 9.97 Å². The normalized spacial score (nSPS) is 13.7. The SMILES string of the molecule is CN1C(=O)c2oc3cccnc3c2Nc2ncccc21. The molecule has 0 bridgehead atoms. The monoisotopic (exact) mass is 266 g/mol. The molecule has 98 valence electrons. The third-order valence-corrected chi connectivity index (χ3v) is 3.34. The summed E-state index contributed by atoms with van der Waals surface area (Å²) in [5, 5.41) is 3.16. The summed E-state index contributed by atoms with van der Waals surface area (Å²) in [6.45, 7) is 0. The van der Waals surface area contributed by atoms with Gasteiger partial charge in [0.2, 0.25) is 5.76 Å². The standard InChI is InChI=1S/C14H10N4O2/c1-18-8-4-2-7-16-13(8)17-11-10-9(5-3-6-15-10)20-12(11)14(18)19/h2-7H,1H3,(H,16,17). The molecule has 6 nitrogen and oxygen atoms in total. The van der Waals surface area contributed by atoms with E-state index in [0.29, 0.717) is 28.3 Å². The molecule has 3 aromatic heterocycles. The summed E-state index contributed by atoms with van der Waals surface area (Å²) in [5.74, 6) is 0.631. The van der Waals surface area contributed by atoms with Crippen LogP contribution in [-0.2, 0) is 0 Å². The van der Waals surface area contributed by atoms with Crippen LogP contribution in [0.4, 0.5) is 17.2 Å². The molecule has 0 aliphatic carbocycles. The van der Waals surface area contributed by atoms with Gasteiger partial charge in [-0.1, -0.05) is 0 Å². The van der Waals surface area contributed by atoms with Crippen molar-refractivity contribution in [3.8, 4) is 0 Å². The lowest BCUT2D eigenvalue weighted by atomic mass is 10.3. The molecule has 0 atom stereocenters. The second-order valence-electron chi connectivity index (χ2n) is 4.52. The van der Waals surface area contributed by atoms with Crippen LogP contribution in [0.3, 0.4) is 0 Å². The minimum Gasteiger partial charge on any atom is -0.447 e. The van der Waals surface area contributed by atoms with Crippen LogP contribution in [0, 0.1) is 0 Å². The summed E-state index contributed by atoms with van der Waals surface area (Å²) in [6.07, 6.45) is 3.34. The van der Waals surface area contributed by atoms with Crippen LogP contribution >= 0.6 is 0 Å². The van der Waals surface area contributed by atoms with Crippen LogP contribution in [-0.4, -0.2) is 22.9 Å². The Labute approximate surface area is 114 Å². The molecule has 1 aliphatic heterocycles. The maximum atomic E-state index is 12.5. The maximum absolute atomic E-state index is 12.5. The van der Waals surface area contributed by atoms with Gasteiger partial charge in [0.15, 0.2) is 11.4 Å². The van der Waals surface area contributed by atoms with E-state index >= 15 is 0 Å². The number of anilines is 3. The number of pyridine rings is 2. The Morgan fingerprint density at radius 2 is 2.00 bits per heavy atom. The highest BCUT2D eigenvalue weighted by atomic mass is 16.3. The topological polar surface area (TPSA) is 71.3 Å². The molecule has 0 radical (unpaired) electrons. The fourth-order valence-corrected chi connectivity index (χ4v) is 2.34. The van der Waals surface area contributed by atoms with Crippen molar-refractivity contribution in [3.05, 3.63) is 42.4 Å². The zero-order chi connectivity index (χ0) is 13.7. The van der Waals surface area contributed by atoms with Crippen molar-refractivity contribution >= 4 is 34.2 Å². The summed E-state index contributed by atoms with van der Waals surface area (Å²) >= 11 is 0. The number of fused-ring (bicyclic) bond motifs is 4. The second kappa shape index (κ2) is 3.80. The van der Waals surface area contributed by atoms with Gasteiger partial charge in [0.1, 0.15) is 11.2 Å². The predicted octanol–water partition coefficient (Wildman–Crippen LogP) is 2.56. The number of furan rings is 1. The highest BCUT2D eigenvalue weighted by Crippen LogP contribution is 2.38. The summed E-state index contributed by atoms with van der Waals surface area (Å²) in [4.78, 5) is 22.6. The van der Waals surface area contributed by atoms with Crippen molar-refractivity contribution in [1.29, 1.82) is 0 Å². The van der Waals surface area contributed by atoms with Crippen molar-refractivity contribution in [2.24, 2.45) is 0 Å². The third-order valence-electron chi connectivity index (χ3n) is 3.34. The number of carbonyl (C=O) groups is 1. The van der Waals surface area contributed by atoms with Gasteiger partial charge in [0, 0.05) is 19.4 Å². The summed E-state index contributed by atoms with van der Waals surface area (Å²) in [7, 11) is 1.69. The zero-order valence-corrected chi connectivity index (χ0v) is 10.6. The van der Waals surface area contributed by atoms with E-state index in [1.165, 1.54) is 4.90 Å². The first kappa shape index (κ1) is 11.0. The number of rotatable bonds is 0. The molecule has 1 N–H and O–H groups in total. The van der Waals surface area contributed by atoms with E-state index in [4.69, 9.17) is 4.42 Å². The Kier molecular flexibility index (Phi) is 2.09. The molecule has 0 aromatic carbocycles. The van der Waals surface area contributed by atoms with Crippen molar-refractivity contribution in [3.63, 3.8) is 0 Å². The van der Waals surface area contributed by atoms with Gasteiger partial charge in [-0.2, -0.15) is 0 Å². The molecule has 1 amide bonds. The molecule has 6 heteroatoms.